The molecule has 3 aliphatic heterocycles. The summed E-state index contributed by atoms with van der Waals surface area (Å²) in [6.45, 7) is 3.72. The van der Waals surface area contributed by atoms with Gasteiger partial charge in [0.25, 0.3) is 0 Å². The van der Waals surface area contributed by atoms with Crippen molar-refractivity contribution in [1.29, 1.82) is 0 Å². The molecule has 5 rings (SSSR count). The lowest BCUT2D eigenvalue weighted by atomic mass is 9.93. The van der Waals surface area contributed by atoms with E-state index in [2.05, 4.69) is 22.3 Å². The zero-order chi connectivity index (χ0) is 23.5. The summed E-state index contributed by atoms with van der Waals surface area (Å²) in [6.07, 6.45) is 1.60. The summed E-state index contributed by atoms with van der Waals surface area (Å²) in [7, 11) is 0. The van der Waals surface area contributed by atoms with E-state index < -0.39 is 6.04 Å². The fourth-order valence-corrected chi connectivity index (χ4v) is 5.21. The molecule has 0 saturated carbocycles. The van der Waals surface area contributed by atoms with Gasteiger partial charge < -0.3 is 20.0 Å². The van der Waals surface area contributed by atoms with E-state index in [0.717, 1.165) is 43.7 Å². The number of piperidine rings is 1. The molecule has 3 saturated heterocycles. The number of nitrogens with zero attached hydrogens (tertiary/aromatic N) is 4. The van der Waals surface area contributed by atoms with Crippen molar-refractivity contribution in [3.8, 4) is 0 Å². The fraction of sp³-hybridized carbons (Fsp3) is 0.423. The summed E-state index contributed by atoms with van der Waals surface area (Å²) in [5.74, 6) is -0.252. The van der Waals surface area contributed by atoms with Crippen molar-refractivity contribution in [1.82, 2.24) is 20.0 Å². The van der Waals surface area contributed by atoms with Crippen molar-refractivity contribution in [2.24, 2.45) is 0 Å². The Morgan fingerprint density at radius 1 is 0.912 bits per heavy atom. The summed E-state index contributed by atoms with van der Waals surface area (Å²) in [5.41, 5.74) is 2.05. The molecule has 0 spiro atoms. The molecule has 4 amide bonds. The molecule has 2 aromatic carbocycles. The van der Waals surface area contributed by atoms with Gasteiger partial charge in [-0.05, 0) is 37.1 Å². The molecule has 0 aromatic heterocycles. The molecule has 3 aliphatic rings. The lowest BCUT2D eigenvalue weighted by Gasteiger charge is -2.47. The third kappa shape index (κ3) is 4.50. The minimum absolute atomic E-state index is 0.00554. The average molecular weight is 462 g/mol. The van der Waals surface area contributed by atoms with Crippen LogP contribution in [-0.4, -0.2) is 83.9 Å². The predicted octanol–water partition coefficient (Wildman–Crippen LogP) is 1.92. The van der Waals surface area contributed by atoms with Crippen LogP contribution in [0.4, 0.5) is 10.5 Å². The second-order valence-corrected chi connectivity index (χ2v) is 9.17. The highest BCUT2D eigenvalue weighted by atomic mass is 16.2. The summed E-state index contributed by atoms with van der Waals surface area (Å²) in [4.78, 5) is 47.0. The molecule has 2 aromatic rings. The van der Waals surface area contributed by atoms with Crippen LogP contribution in [0.25, 0.3) is 0 Å². The second-order valence-electron chi connectivity index (χ2n) is 9.17. The molecule has 0 radical (unpaired) electrons. The molecule has 178 valence electrons. The molecule has 8 nitrogen and oxygen atoms in total. The number of carbonyl (C=O) groups excluding carboxylic acids is 3. The van der Waals surface area contributed by atoms with E-state index in [1.807, 2.05) is 53.4 Å². The van der Waals surface area contributed by atoms with Crippen LogP contribution in [0.2, 0.25) is 0 Å². The van der Waals surface area contributed by atoms with E-state index in [4.69, 9.17) is 0 Å². The maximum atomic E-state index is 13.5. The van der Waals surface area contributed by atoms with Gasteiger partial charge in [0.2, 0.25) is 11.8 Å². The van der Waals surface area contributed by atoms with Crippen LogP contribution < -0.4 is 10.2 Å². The zero-order valence-corrected chi connectivity index (χ0v) is 19.3. The van der Waals surface area contributed by atoms with E-state index in [1.165, 1.54) is 4.90 Å². The largest absolute Gasteiger partial charge is 0.368 e. The van der Waals surface area contributed by atoms with E-state index in [0.29, 0.717) is 13.1 Å². The fourth-order valence-electron chi connectivity index (χ4n) is 5.21. The first kappa shape index (κ1) is 22.4. The van der Waals surface area contributed by atoms with E-state index in [9.17, 15) is 14.4 Å². The Balaban J connectivity index is 1.28. The van der Waals surface area contributed by atoms with Gasteiger partial charge in [0, 0.05) is 31.9 Å². The molecular weight excluding hydrogens is 430 g/mol. The number of piperazine rings is 1. The quantitative estimate of drug-likeness (QED) is 0.736. The molecule has 0 aliphatic carbocycles. The number of benzene rings is 2. The Labute approximate surface area is 200 Å². The maximum absolute atomic E-state index is 13.5. The van der Waals surface area contributed by atoms with Crippen molar-refractivity contribution in [3.05, 3.63) is 66.2 Å². The standard InChI is InChI=1S/C26H31N5O3/c32-23(29-16-14-28(15-17-29)21-10-5-2-6-11-21)19-30-22-12-7-13-27-24(22)25(33)31(26(30)34)18-20-8-3-1-4-9-20/h1-6,8-11,22,24,27H,7,12-19H2. The Morgan fingerprint density at radius 3 is 2.29 bits per heavy atom. The first-order valence-corrected chi connectivity index (χ1v) is 12.1. The molecule has 8 heteroatoms. The summed E-state index contributed by atoms with van der Waals surface area (Å²) < 4.78 is 0. The average Bonchev–Trinajstić information content (AvgIpc) is 2.90. The maximum Gasteiger partial charge on any atom is 0.327 e. The summed E-state index contributed by atoms with van der Waals surface area (Å²) in [5, 5.41) is 3.30. The lowest BCUT2D eigenvalue weighted by molar-refractivity contribution is -0.141. The van der Waals surface area contributed by atoms with Crippen molar-refractivity contribution in [2.45, 2.75) is 31.5 Å². The van der Waals surface area contributed by atoms with Gasteiger partial charge in [0.15, 0.2) is 0 Å². The van der Waals surface area contributed by atoms with Crippen LogP contribution in [0.3, 0.4) is 0 Å². The number of hydrogen-bond donors (Lipinski definition) is 1. The van der Waals surface area contributed by atoms with Crippen LogP contribution in [0.5, 0.6) is 0 Å². The molecular formula is C26H31N5O3. The van der Waals surface area contributed by atoms with Gasteiger partial charge in [0.1, 0.15) is 12.6 Å². The third-order valence-electron chi connectivity index (χ3n) is 7.08. The highest BCUT2D eigenvalue weighted by Gasteiger charge is 2.47. The minimum Gasteiger partial charge on any atom is -0.368 e. The van der Waals surface area contributed by atoms with Crippen LogP contribution in [0.1, 0.15) is 18.4 Å². The van der Waals surface area contributed by atoms with Gasteiger partial charge in [-0.2, -0.15) is 0 Å². The minimum atomic E-state index is -0.460. The van der Waals surface area contributed by atoms with E-state index in [-0.39, 0.29) is 37.0 Å². The number of nitrogens with one attached hydrogen (secondary N) is 1. The monoisotopic (exact) mass is 461 g/mol. The number of para-hydroxylation sites is 1. The third-order valence-corrected chi connectivity index (χ3v) is 7.08. The van der Waals surface area contributed by atoms with Gasteiger partial charge in [-0.1, -0.05) is 48.5 Å². The number of hydrogen-bond acceptors (Lipinski definition) is 5. The van der Waals surface area contributed by atoms with Crippen LogP contribution in [0, 0.1) is 0 Å². The molecule has 0 bridgehead atoms. The number of carbonyl (C=O) groups is 3. The van der Waals surface area contributed by atoms with E-state index >= 15 is 0 Å². The predicted molar refractivity (Wildman–Crippen MR) is 129 cm³/mol. The van der Waals surface area contributed by atoms with Crippen molar-refractivity contribution in [2.75, 3.05) is 44.2 Å². The number of anilines is 1. The molecule has 1 N–H and O–H groups in total. The van der Waals surface area contributed by atoms with Gasteiger partial charge in [-0.3, -0.25) is 14.5 Å². The second kappa shape index (κ2) is 9.85. The number of imide groups is 1. The van der Waals surface area contributed by atoms with Crippen molar-refractivity contribution >= 4 is 23.5 Å². The van der Waals surface area contributed by atoms with Crippen LogP contribution >= 0.6 is 0 Å². The normalized spacial score (nSPS) is 23.2. The topological polar surface area (TPSA) is 76.2 Å². The van der Waals surface area contributed by atoms with Crippen LogP contribution in [-0.2, 0) is 16.1 Å². The van der Waals surface area contributed by atoms with Gasteiger partial charge >= 0.3 is 6.03 Å². The van der Waals surface area contributed by atoms with Gasteiger partial charge in [-0.25, -0.2) is 4.79 Å². The first-order valence-electron chi connectivity index (χ1n) is 12.1. The summed E-state index contributed by atoms with van der Waals surface area (Å²) in [6, 6.07) is 18.6. The first-order chi connectivity index (χ1) is 16.6. The Hall–Kier alpha value is -3.39. The molecule has 3 fully saturated rings. The van der Waals surface area contributed by atoms with Crippen molar-refractivity contribution in [3.63, 3.8) is 0 Å². The highest BCUT2D eigenvalue weighted by molar-refractivity contribution is 6.01. The zero-order valence-electron chi connectivity index (χ0n) is 19.3. The van der Waals surface area contributed by atoms with Gasteiger partial charge in [0.05, 0.1) is 12.6 Å². The molecule has 2 unspecified atom stereocenters. The number of rotatable bonds is 5. The Kier molecular flexibility index (Phi) is 6.49. The SMILES string of the molecule is O=C(CN1C(=O)N(Cc2ccccc2)C(=O)C2NCCCC21)N1CCN(c2ccccc2)CC1. The number of amides is 4. The van der Waals surface area contributed by atoms with Crippen molar-refractivity contribution < 1.29 is 14.4 Å². The molecule has 34 heavy (non-hydrogen) atoms. The smallest absolute Gasteiger partial charge is 0.327 e. The summed E-state index contributed by atoms with van der Waals surface area (Å²) >= 11 is 0. The van der Waals surface area contributed by atoms with Crippen LogP contribution in [0.15, 0.2) is 60.7 Å². The Bertz CT molecular complexity index is 1020. The molecule has 3 heterocycles. The Morgan fingerprint density at radius 2 is 1.59 bits per heavy atom. The van der Waals surface area contributed by atoms with Gasteiger partial charge in [-0.15, -0.1) is 0 Å². The number of fused-ring (bicyclic) bond motifs is 1. The number of urea groups is 1. The van der Waals surface area contributed by atoms with E-state index in [1.54, 1.807) is 4.90 Å². The lowest BCUT2D eigenvalue weighted by Crippen LogP contribution is -2.70. The highest BCUT2D eigenvalue weighted by Crippen LogP contribution is 2.26. The molecule has 2 atom stereocenters.